The van der Waals surface area contributed by atoms with E-state index in [4.69, 9.17) is 11.5 Å². The maximum atomic E-state index is 11.8. The van der Waals surface area contributed by atoms with Crippen molar-refractivity contribution in [1.29, 1.82) is 0 Å². The molecule has 0 heterocycles. The van der Waals surface area contributed by atoms with Crippen LogP contribution >= 0.6 is 0 Å². The lowest BCUT2D eigenvalue weighted by Crippen LogP contribution is -2.48. The zero-order chi connectivity index (χ0) is 12.0. The Kier molecular flexibility index (Phi) is 5.93. The lowest BCUT2D eigenvalue weighted by atomic mass is 10.1. The second-order valence-electron chi connectivity index (χ2n) is 3.66. The number of hydrogen-bond acceptors (Lipinski definition) is 3. The summed E-state index contributed by atoms with van der Waals surface area (Å²) in [7, 11) is 0. The Morgan fingerprint density at radius 1 is 1.33 bits per heavy atom. The monoisotopic (exact) mass is 215 g/mol. The Hall–Kier alpha value is -1.10. The molecule has 0 aliphatic rings. The van der Waals surface area contributed by atoms with Crippen molar-refractivity contribution in [2.45, 2.75) is 45.7 Å². The summed E-state index contributed by atoms with van der Waals surface area (Å²) in [4.78, 5) is 24.1. The summed E-state index contributed by atoms with van der Waals surface area (Å²) in [5.74, 6) is -0.748. The van der Waals surface area contributed by atoms with Gasteiger partial charge in [-0.1, -0.05) is 6.92 Å². The quantitative estimate of drug-likeness (QED) is 0.645. The molecule has 88 valence electrons. The van der Waals surface area contributed by atoms with Crippen molar-refractivity contribution >= 4 is 11.8 Å². The lowest BCUT2D eigenvalue weighted by molar-refractivity contribution is -0.136. The minimum Gasteiger partial charge on any atom is -0.370 e. The van der Waals surface area contributed by atoms with Crippen molar-refractivity contribution in [1.82, 2.24) is 4.90 Å². The highest BCUT2D eigenvalue weighted by atomic mass is 16.2. The maximum absolute atomic E-state index is 11.8. The van der Waals surface area contributed by atoms with Crippen LogP contribution < -0.4 is 11.5 Å². The van der Waals surface area contributed by atoms with Gasteiger partial charge in [-0.3, -0.25) is 9.59 Å². The predicted molar refractivity (Wildman–Crippen MR) is 58.9 cm³/mol. The molecular weight excluding hydrogens is 194 g/mol. The highest BCUT2D eigenvalue weighted by molar-refractivity contribution is 5.87. The van der Waals surface area contributed by atoms with Gasteiger partial charge in [0.05, 0.1) is 12.5 Å². The normalized spacial score (nSPS) is 14.4. The number of rotatable bonds is 6. The average molecular weight is 215 g/mol. The molecular formula is C10H21N3O2. The molecule has 0 fully saturated rings. The number of carbonyl (C=O) groups is 2. The van der Waals surface area contributed by atoms with E-state index in [-0.39, 0.29) is 18.4 Å². The Morgan fingerprint density at radius 3 is 2.20 bits per heavy atom. The topological polar surface area (TPSA) is 89.4 Å². The van der Waals surface area contributed by atoms with Gasteiger partial charge in [-0.25, -0.2) is 0 Å². The number of nitrogens with two attached hydrogens (primary N) is 2. The fourth-order valence-electron chi connectivity index (χ4n) is 1.42. The molecule has 4 N–H and O–H groups in total. The third kappa shape index (κ3) is 4.29. The fourth-order valence-corrected chi connectivity index (χ4v) is 1.42. The van der Waals surface area contributed by atoms with Crippen LogP contribution in [0.15, 0.2) is 0 Å². The number of nitrogens with zero attached hydrogens (tertiary/aromatic N) is 1. The van der Waals surface area contributed by atoms with Crippen LogP contribution in [0.5, 0.6) is 0 Å². The Balaban J connectivity index is 4.43. The van der Waals surface area contributed by atoms with Gasteiger partial charge in [0.15, 0.2) is 0 Å². The van der Waals surface area contributed by atoms with Gasteiger partial charge in [0.2, 0.25) is 11.8 Å². The van der Waals surface area contributed by atoms with E-state index >= 15 is 0 Å². The number of carbonyl (C=O) groups excluding carboxylic acids is 2. The molecule has 15 heavy (non-hydrogen) atoms. The average Bonchev–Trinajstić information content (AvgIpc) is 2.17. The molecule has 0 aromatic rings. The van der Waals surface area contributed by atoms with Crippen LogP contribution in [0.4, 0.5) is 0 Å². The van der Waals surface area contributed by atoms with Gasteiger partial charge in [0, 0.05) is 12.6 Å². The molecule has 0 bridgehead atoms. The number of likely N-dealkylation sites (N-methyl/N-ethyl adjacent to an activating group) is 1. The van der Waals surface area contributed by atoms with Crippen molar-refractivity contribution in [2.24, 2.45) is 11.5 Å². The molecule has 0 aliphatic carbocycles. The van der Waals surface area contributed by atoms with Crippen molar-refractivity contribution in [3.8, 4) is 0 Å². The third-order valence-electron chi connectivity index (χ3n) is 2.48. The van der Waals surface area contributed by atoms with Crippen LogP contribution in [0.1, 0.15) is 33.6 Å². The van der Waals surface area contributed by atoms with Crippen LogP contribution in [0, 0.1) is 0 Å². The second-order valence-corrected chi connectivity index (χ2v) is 3.66. The third-order valence-corrected chi connectivity index (χ3v) is 2.48. The van der Waals surface area contributed by atoms with Gasteiger partial charge in [0.25, 0.3) is 0 Å². The fraction of sp³-hybridized carbons (Fsp3) is 0.800. The Bertz CT molecular complexity index is 231. The summed E-state index contributed by atoms with van der Waals surface area (Å²) < 4.78 is 0. The summed E-state index contributed by atoms with van der Waals surface area (Å²) in [6.07, 6.45) is 0.772. The molecule has 5 heteroatoms. The first-order chi connectivity index (χ1) is 6.93. The largest absolute Gasteiger partial charge is 0.370 e. The smallest absolute Gasteiger partial charge is 0.240 e. The molecule has 0 spiro atoms. The summed E-state index contributed by atoms with van der Waals surface area (Å²) in [5.41, 5.74) is 10.6. The van der Waals surface area contributed by atoms with Gasteiger partial charge in [-0.15, -0.1) is 0 Å². The zero-order valence-corrected chi connectivity index (χ0v) is 9.69. The molecule has 0 rings (SSSR count). The molecule has 2 unspecified atom stereocenters. The van der Waals surface area contributed by atoms with Gasteiger partial charge >= 0.3 is 0 Å². The van der Waals surface area contributed by atoms with Crippen LogP contribution in [0.3, 0.4) is 0 Å². The first kappa shape index (κ1) is 13.9. The standard InChI is InChI=1S/C10H21N3O2/c1-4-7(3)13(5-2)10(15)8(11)6-9(12)14/h7-8H,4-6,11H2,1-3H3,(H2,12,14). The molecule has 0 radical (unpaired) electrons. The van der Waals surface area contributed by atoms with Gasteiger partial charge < -0.3 is 16.4 Å². The SMILES string of the molecule is CCC(C)N(CC)C(=O)C(N)CC(N)=O. The van der Waals surface area contributed by atoms with E-state index in [1.165, 1.54) is 0 Å². The van der Waals surface area contributed by atoms with E-state index in [2.05, 4.69) is 0 Å². The Morgan fingerprint density at radius 2 is 1.87 bits per heavy atom. The first-order valence-corrected chi connectivity index (χ1v) is 5.28. The van der Waals surface area contributed by atoms with Gasteiger partial charge in [-0.05, 0) is 20.3 Å². The van der Waals surface area contributed by atoms with Crippen LogP contribution in [0.2, 0.25) is 0 Å². The van der Waals surface area contributed by atoms with Crippen molar-refractivity contribution in [2.75, 3.05) is 6.54 Å². The summed E-state index contributed by atoms with van der Waals surface area (Å²) in [5, 5.41) is 0. The minimum atomic E-state index is -0.809. The van der Waals surface area contributed by atoms with Gasteiger partial charge in [-0.2, -0.15) is 0 Å². The van der Waals surface area contributed by atoms with E-state index in [1.807, 2.05) is 20.8 Å². The van der Waals surface area contributed by atoms with Crippen molar-refractivity contribution in [3.63, 3.8) is 0 Å². The molecule has 0 saturated carbocycles. The van der Waals surface area contributed by atoms with Crippen molar-refractivity contribution < 1.29 is 9.59 Å². The van der Waals surface area contributed by atoms with E-state index in [0.29, 0.717) is 6.54 Å². The molecule has 0 aromatic heterocycles. The highest BCUT2D eigenvalue weighted by Gasteiger charge is 2.24. The second kappa shape index (κ2) is 6.40. The van der Waals surface area contributed by atoms with Gasteiger partial charge in [0.1, 0.15) is 0 Å². The summed E-state index contributed by atoms with van der Waals surface area (Å²) in [6, 6.07) is -0.669. The number of amides is 2. The van der Waals surface area contributed by atoms with Crippen LogP contribution in [-0.4, -0.2) is 35.3 Å². The molecule has 0 aliphatic heterocycles. The van der Waals surface area contributed by atoms with Crippen LogP contribution in [-0.2, 0) is 9.59 Å². The minimum absolute atomic E-state index is 0.0915. The number of hydrogen-bond donors (Lipinski definition) is 2. The lowest BCUT2D eigenvalue weighted by Gasteiger charge is -2.29. The van der Waals surface area contributed by atoms with Crippen molar-refractivity contribution in [3.05, 3.63) is 0 Å². The summed E-state index contributed by atoms with van der Waals surface area (Å²) in [6.45, 7) is 6.44. The van der Waals surface area contributed by atoms with Crippen LogP contribution in [0.25, 0.3) is 0 Å². The molecule has 0 aromatic carbocycles. The Labute approximate surface area is 90.8 Å². The predicted octanol–water partition coefficient (Wildman–Crippen LogP) is -0.164. The molecule has 5 nitrogen and oxygen atoms in total. The van der Waals surface area contributed by atoms with E-state index < -0.39 is 11.9 Å². The van der Waals surface area contributed by atoms with E-state index in [9.17, 15) is 9.59 Å². The first-order valence-electron chi connectivity index (χ1n) is 5.28. The number of primary amides is 1. The van der Waals surface area contributed by atoms with E-state index in [1.54, 1.807) is 4.90 Å². The zero-order valence-electron chi connectivity index (χ0n) is 9.69. The molecule has 2 amide bonds. The van der Waals surface area contributed by atoms with E-state index in [0.717, 1.165) is 6.42 Å². The highest BCUT2D eigenvalue weighted by Crippen LogP contribution is 2.06. The maximum Gasteiger partial charge on any atom is 0.240 e. The molecule has 2 atom stereocenters. The summed E-state index contributed by atoms with van der Waals surface area (Å²) >= 11 is 0. The molecule has 0 saturated heterocycles.